The van der Waals surface area contributed by atoms with Crippen LogP contribution in [0.5, 0.6) is 0 Å². The first-order valence-corrected chi connectivity index (χ1v) is 3.84. The van der Waals surface area contributed by atoms with Gasteiger partial charge in [0.05, 0.1) is 0 Å². The van der Waals surface area contributed by atoms with Crippen LogP contribution in [0.15, 0.2) is 36.0 Å². The summed E-state index contributed by atoms with van der Waals surface area (Å²) >= 11 is 0. The Labute approximate surface area is 67.8 Å². The van der Waals surface area contributed by atoms with Gasteiger partial charge in [0.25, 0.3) is 0 Å². The summed E-state index contributed by atoms with van der Waals surface area (Å²) in [6.45, 7) is 4.17. The van der Waals surface area contributed by atoms with Crippen LogP contribution in [0.25, 0.3) is 0 Å². The molecule has 1 aromatic heterocycles. The van der Waals surface area contributed by atoms with Gasteiger partial charge < -0.3 is 0 Å². The molecule has 0 aliphatic carbocycles. The smallest absolute Gasteiger partial charge is 0.0443 e. The lowest BCUT2D eigenvalue weighted by molar-refractivity contribution is 1.04. The molecule has 0 spiro atoms. The van der Waals surface area contributed by atoms with Crippen molar-refractivity contribution in [2.24, 2.45) is 0 Å². The van der Waals surface area contributed by atoms with Crippen molar-refractivity contribution >= 4 is 0 Å². The van der Waals surface area contributed by atoms with E-state index in [1.165, 1.54) is 5.57 Å². The quantitative estimate of drug-likeness (QED) is 0.586. The minimum absolute atomic E-state index is 0.970. The molecule has 0 bridgehead atoms. The minimum Gasteiger partial charge on any atom is -0.261 e. The molecule has 0 saturated carbocycles. The summed E-state index contributed by atoms with van der Waals surface area (Å²) in [5.74, 6) is 0. The van der Waals surface area contributed by atoms with Gasteiger partial charge in [-0.3, -0.25) is 4.98 Å². The lowest BCUT2D eigenvalue weighted by Gasteiger charge is -1.98. The Balaban J connectivity index is 2.65. The van der Waals surface area contributed by atoms with Crippen molar-refractivity contribution < 1.29 is 0 Å². The maximum atomic E-state index is 4.23. The molecule has 0 saturated heterocycles. The highest BCUT2D eigenvalue weighted by atomic mass is 14.7. The molecule has 0 fully saturated rings. The largest absolute Gasteiger partial charge is 0.261 e. The predicted molar refractivity (Wildman–Crippen MR) is 47.4 cm³/mol. The van der Waals surface area contributed by atoms with Crippen LogP contribution in [0.3, 0.4) is 0 Å². The van der Waals surface area contributed by atoms with E-state index in [-0.39, 0.29) is 0 Å². The molecule has 0 aliphatic heterocycles. The summed E-state index contributed by atoms with van der Waals surface area (Å²) in [6, 6.07) is 6.01. The van der Waals surface area contributed by atoms with E-state index < -0.39 is 0 Å². The summed E-state index contributed by atoms with van der Waals surface area (Å²) in [6.07, 6.45) is 4.92. The average Bonchev–Trinajstić information content (AvgIpc) is 2.06. The molecule has 1 rings (SSSR count). The molecule has 11 heavy (non-hydrogen) atoms. The highest BCUT2D eigenvalue weighted by Gasteiger charge is 1.91. The van der Waals surface area contributed by atoms with Gasteiger partial charge in [-0.05, 0) is 26.0 Å². The van der Waals surface area contributed by atoms with E-state index in [0.717, 1.165) is 12.1 Å². The zero-order chi connectivity index (χ0) is 8.10. The van der Waals surface area contributed by atoms with Crippen molar-refractivity contribution in [3.8, 4) is 0 Å². The van der Waals surface area contributed by atoms with Crippen LogP contribution in [-0.4, -0.2) is 4.98 Å². The van der Waals surface area contributed by atoms with Gasteiger partial charge in [0.2, 0.25) is 0 Å². The fourth-order valence-corrected chi connectivity index (χ4v) is 0.890. The Hall–Kier alpha value is -1.11. The molecule has 1 heterocycles. The molecule has 58 valence electrons. The lowest BCUT2D eigenvalue weighted by atomic mass is 10.1. The number of rotatable bonds is 2. The van der Waals surface area contributed by atoms with Crippen LogP contribution in [0.1, 0.15) is 19.5 Å². The van der Waals surface area contributed by atoms with Crippen molar-refractivity contribution in [1.82, 2.24) is 4.98 Å². The zero-order valence-electron chi connectivity index (χ0n) is 7.04. The van der Waals surface area contributed by atoms with Crippen molar-refractivity contribution in [3.63, 3.8) is 0 Å². The average molecular weight is 147 g/mol. The first-order chi connectivity index (χ1) is 5.33. The minimum atomic E-state index is 0.970. The summed E-state index contributed by atoms with van der Waals surface area (Å²) < 4.78 is 0. The first-order valence-electron chi connectivity index (χ1n) is 3.84. The van der Waals surface area contributed by atoms with Crippen LogP contribution >= 0.6 is 0 Å². The van der Waals surface area contributed by atoms with E-state index in [1.807, 2.05) is 24.4 Å². The van der Waals surface area contributed by atoms with Gasteiger partial charge in [0, 0.05) is 18.3 Å². The molecular formula is C10H13N. The van der Waals surface area contributed by atoms with Crippen LogP contribution in [0.4, 0.5) is 0 Å². The Morgan fingerprint density at radius 3 is 2.91 bits per heavy atom. The third-order valence-electron chi connectivity index (χ3n) is 1.68. The molecule has 0 atom stereocenters. The van der Waals surface area contributed by atoms with Gasteiger partial charge in [-0.2, -0.15) is 0 Å². The molecule has 0 N–H and O–H groups in total. The maximum Gasteiger partial charge on any atom is 0.0443 e. The molecule has 1 aromatic rings. The van der Waals surface area contributed by atoms with Crippen LogP contribution < -0.4 is 0 Å². The molecule has 1 nitrogen and oxygen atoms in total. The lowest BCUT2D eigenvalue weighted by Crippen LogP contribution is -1.88. The summed E-state index contributed by atoms with van der Waals surface area (Å²) in [7, 11) is 0. The van der Waals surface area contributed by atoms with Crippen molar-refractivity contribution in [1.29, 1.82) is 0 Å². The first kappa shape index (κ1) is 7.99. The van der Waals surface area contributed by atoms with Gasteiger partial charge in [-0.15, -0.1) is 0 Å². The number of hydrogen-bond donors (Lipinski definition) is 0. The Kier molecular flexibility index (Phi) is 2.84. The monoisotopic (exact) mass is 147 g/mol. The maximum absolute atomic E-state index is 4.23. The Bertz CT molecular complexity index is 236. The van der Waals surface area contributed by atoms with Crippen molar-refractivity contribution in [3.05, 3.63) is 41.7 Å². The van der Waals surface area contributed by atoms with Crippen molar-refractivity contribution in [2.45, 2.75) is 20.3 Å². The van der Waals surface area contributed by atoms with Crippen LogP contribution in [0.2, 0.25) is 0 Å². The highest BCUT2D eigenvalue weighted by Crippen LogP contribution is 2.02. The molecule has 0 radical (unpaired) electrons. The van der Waals surface area contributed by atoms with E-state index in [9.17, 15) is 0 Å². The Morgan fingerprint density at radius 2 is 2.36 bits per heavy atom. The third-order valence-corrected chi connectivity index (χ3v) is 1.68. The highest BCUT2D eigenvalue weighted by molar-refractivity contribution is 5.12. The summed E-state index contributed by atoms with van der Waals surface area (Å²) in [4.78, 5) is 4.23. The molecule has 0 aromatic carbocycles. The number of pyridine rings is 1. The normalized spacial score (nSPS) is 11.6. The molecule has 1 heteroatoms. The summed E-state index contributed by atoms with van der Waals surface area (Å²) in [5, 5.41) is 0. The van der Waals surface area contributed by atoms with Crippen molar-refractivity contribution in [2.75, 3.05) is 0 Å². The van der Waals surface area contributed by atoms with E-state index >= 15 is 0 Å². The van der Waals surface area contributed by atoms with Gasteiger partial charge in [-0.1, -0.05) is 17.7 Å². The fourth-order valence-electron chi connectivity index (χ4n) is 0.890. The van der Waals surface area contributed by atoms with E-state index in [2.05, 4.69) is 24.9 Å². The molecule has 0 unspecified atom stereocenters. The second-order valence-corrected chi connectivity index (χ2v) is 2.63. The van der Waals surface area contributed by atoms with E-state index in [1.54, 1.807) is 0 Å². The summed E-state index contributed by atoms with van der Waals surface area (Å²) in [5.41, 5.74) is 2.51. The molecular weight excluding hydrogens is 134 g/mol. The number of hydrogen-bond acceptors (Lipinski definition) is 1. The van der Waals surface area contributed by atoms with Crippen LogP contribution in [0, 0.1) is 0 Å². The number of aromatic nitrogens is 1. The van der Waals surface area contributed by atoms with Gasteiger partial charge in [0.1, 0.15) is 0 Å². The van der Waals surface area contributed by atoms with Gasteiger partial charge in [-0.25, -0.2) is 0 Å². The van der Waals surface area contributed by atoms with E-state index in [0.29, 0.717) is 0 Å². The zero-order valence-corrected chi connectivity index (χ0v) is 7.04. The van der Waals surface area contributed by atoms with Gasteiger partial charge >= 0.3 is 0 Å². The third kappa shape index (κ3) is 2.54. The Morgan fingerprint density at radius 1 is 1.55 bits per heavy atom. The topological polar surface area (TPSA) is 12.9 Å². The van der Waals surface area contributed by atoms with Crippen LogP contribution in [-0.2, 0) is 6.42 Å². The number of allylic oxidation sites excluding steroid dienone is 2. The van der Waals surface area contributed by atoms with Gasteiger partial charge in [0.15, 0.2) is 0 Å². The predicted octanol–water partition coefficient (Wildman–Crippen LogP) is 2.59. The SMILES string of the molecule is CC=C(C)Cc1ccccn1. The standard InChI is InChI=1S/C10H13N/c1-3-9(2)8-10-6-4-5-7-11-10/h3-7H,8H2,1-2H3. The fraction of sp³-hybridized carbons (Fsp3) is 0.300. The molecule has 0 aliphatic rings. The number of nitrogens with zero attached hydrogens (tertiary/aromatic N) is 1. The second kappa shape index (κ2) is 3.91. The molecule has 0 amide bonds. The second-order valence-electron chi connectivity index (χ2n) is 2.63. The van der Waals surface area contributed by atoms with E-state index in [4.69, 9.17) is 0 Å².